The molecule has 0 aliphatic carbocycles. The highest BCUT2D eigenvalue weighted by Crippen LogP contribution is 2.44. The molecule has 78 valence electrons. The molecule has 0 aromatic rings. The average Bonchev–Trinajstić information content (AvgIpc) is 2.16. The minimum atomic E-state index is 0.339. The molecule has 0 aromatic carbocycles. The molecule has 1 N–H and O–H groups in total. The standard InChI is InChI=1S/C10H20OS2/c1-10(2,5-3-6-11)9-12-7-4-8-13-9/h9,11H,3-8H2,1-2H3. The Morgan fingerprint density at radius 3 is 2.46 bits per heavy atom. The van der Waals surface area contributed by atoms with E-state index in [0.29, 0.717) is 12.0 Å². The van der Waals surface area contributed by atoms with Crippen LogP contribution in [0.15, 0.2) is 0 Å². The molecular weight excluding hydrogens is 200 g/mol. The van der Waals surface area contributed by atoms with Crippen molar-refractivity contribution >= 4 is 23.5 Å². The fourth-order valence-electron chi connectivity index (χ4n) is 1.59. The normalized spacial score (nSPS) is 20.5. The van der Waals surface area contributed by atoms with Crippen molar-refractivity contribution in [2.45, 2.75) is 37.7 Å². The smallest absolute Gasteiger partial charge is 0.0553 e. The van der Waals surface area contributed by atoms with Gasteiger partial charge in [0.2, 0.25) is 0 Å². The molecule has 3 heteroatoms. The lowest BCUT2D eigenvalue weighted by Crippen LogP contribution is -2.27. The van der Waals surface area contributed by atoms with Crippen molar-refractivity contribution in [3.05, 3.63) is 0 Å². The minimum Gasteiger partial charge on any atom is -0.396 e. The summed E-state index contributed by atoms with van der Waals surface area (Å²) in [6, 6.07) is 0. The second kappa shape index (κ2) is 5.52. The maximum absolute atomic E-state index is 8.81. The van der Waals surface area contributed by atoms with E-state index in [1.54, 1.807) is 0 Å². The van der Waals surface area contributed by atoms with Crippen LogP contribution in [0.5, 0.6) is 0 Å². The van der Waals surface area contributed by atoms with Gasteiger partial charge >= 0.3 is 0 Å². The number of thioether (sulfide) groups is 2. The second-order valence-electron chi connectivity index (χ2n) is 4.24. The zero-order chi connectivity index (χ0) is 9.73. The van der Waals surface area contributed by atoms with Crippen LogP contribution in [0.1, 0.15) is 33.1 Å². The quantitative estimate of drug-likeness (QED) is 0.786. The fourth-order valence-corrected chi connectivity index (χ4v) is 4.92. The van der Waals surface area contributed by atoms with Gasteiger partial charge in [0.25, 0.3) is 0 Å². The van der Waals surface area contributed by atoms with Crippen molar-refractivity contribution in [2.75, 3.05) is 18.1 Å². The van der Waals surface area contributed by atoms with E-state index in [1.165, 1.54) is 17.9 Å². The molecule has 1 fully saturated rings. The van der Waals surface area contributed by atoms with Gasteiger partial charge in [-0.1, -0.05) is 13.8 Å². The van der Waals surface area contributed by atoms with Gasteiger partial charge in [-0.05, 0) is 36.2 Å². The molecule has 13 heavy (non-hydrogen) atoms. The first-order chi connectivity index (χ1) is 6.17. The van der Waals surface area contributed by atoms with Gasteiger partial charge < -0.3 is 5.11 Å². The highest BCUT2D eigenvalue weighted by atomic mass is 32.2. The van der Waals surface area contributed by atoms with Crippen molar-refractivity contribution in [3.63, 3.8) is 0 Å². The molecule has 0 spiro atoms. The van der Waals surface area contributed by atoms with Gasteiger partial charge in [-0.3, -0.25) is 0 Å². The lowest BCUT2D eigenvalue weighted by Gasteiger charge is -2.35. The van der Waals surface area contributed by atoms with Crippen molar-refractivity contribution < 1.29 is 5.11 Å². The Hall–Kier alpha value is 0.660. The third-order valence-electron chi connectivity index (χ3n) is 2.44. The van der Waals surface area contributed by atoms with Crippen LogP contribution in [0.25, 0.3) is 0 Å². The highest BCUT2D eigenvalue weighted by Gasteiger charge is 2.31. The summed E-state index contributed by atoms with van der Waals surface area (Å²) in [6.07, 6.45) is 3.46. The lowest BCUT2D eigenvalue weighted by atomic mass is 9.90. The molecule has 1 aliphatic rings. The summed E-state index contributed by atoms with van der Waals surface area (Å²) in [4.78, 5) is 0. The van der Waals surface area contributed by atoms with Gasteiger partial charge in [0.05, 0.1) is 4.58 Å². The van der Waals surface area contributed by atoms with Gasteiger partial charge in [0.15, 0.2) is 0 Å². The molecule has 1 saturated heterocycles. The Morgan fingerprint density at radius 2 is 1.92 bits per heavy atom. The van der Waals surface area contributed by atoms with Gasteiger partial charge in [-0.2, -0.15) is 0 Å². The summed E-state index contributed by atoms with van der Waals surface area (Å²) in [7, 11) is 0. The van der Waals surface area contributed by atoms with Crippen LogP contribution in [-0.2, 0) is 0 Å². The number of hydrogen-bond acceptors (Lipinski definition) is 3. The van der Waals surface area contributed by atoms with Gasteiger partial charge in [0.1, 0.15) is 0 Å². The molecule has 0 unspecified atom stereocenters. The SMILES string of the molecule is CC(C)(CCCO)C1SCCCS1. The molecule has 0 atom stereocenters. The molecule has 0 radical (unpaired) electrons. The summed E-state index contributed by atoms with van der Waals surface area (Å²) in [5.74, 6) is 2.64. The molecule has 1 aliphatic heterocycles. The van der Waals surface area contributed by atoms with Crippen LogP contribution < -0.4 is 0 Å². The number of hydrogen-bond donors (Lipinski definition) is 1. The van der Waals surface area contributed by atoms with Crippen LogP contribution in [0.3, 0.4) is 0 Å². The summed E-state index contributed by atoms with van der Waals surface area (Å²) in [5, 5.41) is 8.81. The Labute approximate surface area is 90.1 Å². The molecule has 1 nitrogen and oxygen atoms in total. The first kappa shape index (κ1) is 11.7. The van der Waals surface area contributed by atoms with Crippen LogP contribution >= 0.6 is 23.5 Å². The third-order valence-corrected chi connectivity index (χ3v) is 6.19. The predicted molar refractivity (Wildman–Crippen MR) is 63.4 cm³/mol. The maximum Gasteiger partial charge on any atom is 0.0553 e. The average molecular weight is 220 g/mol. The summed E-state index contributed by atoms with van der Waals surface area (Å²) in [5.41, 5.74) is 0.387. The second-order valence-corrected chi connectivity index (χ2v) is 6.97. The largest absolute Gasteiger partial charge is 0.396 e. The first-order valence-electron chi connectivity index (χ1n) is 5.01. The Bertz CT molecular complexity index is 142. The summed E-state index contributed by atoms with van der Waals surface area (Å²) >= 11 is 4.20. The van der Waals surface area contributed by atoms with Crippen molar-refractivity contribution in [3.8, 4) is 0 Å². The van der Waals surface area contributed by atoms with Gasteiger partial charge in [0, 0.05) is 6.61 Å². The molecule has 0 saturated carbocycles. The molecule has 0 bridgehead atoms. The van der Waals surface area contributed by atoms with E-state index in [2.05, 4.69) is 37.4 Å². The molecular formula is C10H20OS2. The van der Waals surface area contributed by atoms with E-state index < -0.39 is 0 Å². The monoisotopic (exact) mass is 220 g/mol. The molecule has 1 rings (SSSR count). The number of aliphatic hydroxyl groups is 1. The van der Waals surface area contributed by atoms with E-state index in [9.17, 15) is 0 Å². The zero-order valence-corrected chi connectivity index (χ0v) is 10.2. The molecule has 1 heterocycles. The molecule has 0 aromatic heterocycles. The molecule has 0 amide bonds. The van der Waals surface area contributed by atoms with E-state index in [4.69, 9.17) is 5.11 Å². The van der Waals surface area contributed by atoms with Crippen molar-refractivity contribution in [1.82, 2.24) is 0 Å². The van der Waals surface area contributed by atoms with E-state index in [-0.39, 0.29) is 0 Å². The van der Waals surface area contributed by atoms with Gasteiger partial charge in [-0.15, -0.1) is 23.5 Å². The van der Waals surface area contributed by atoms with Crippen LogP contribution in [0, 0.1) is 5.41 Å². The van der Waals surface area contributed by atoms with Gasteiger partial charge in [-0.25, -0.2) is 0 Å². The van der Waals surface area contributed by atoms with E-state index >= 15 is 0 Å². The highest BCUT2D eigenvalue weighted by molar-refractivity contribution is 8.17. The number of rotatable bonds is 4. The topological polar surface area (TPSA) is 20.2 Å². The minimum absolute atomic E-state index is 0.339. The lowest BCUT2D eigenvalue weighted by molar-refractivity contribution is 0.250. The third kappa shape index (κ3) is 3.72. The Morgan fingerprint density at radius 1 is 1.31 bits per heavy atom. The van der Waals surface area contributed by atoms with Crippen LogP contribution in [0.4, 0.5) is 0 Å². The summed E-state index contributed by atoms with van der Waals surface area (Å²) in [6.45, 7) is 5.00. The van der Waals surface area contributed by atoms with Crippen LogP contribution in [-0.4, -0.2) is 27.8 Å². The van der Waals surface area contributed by atoms with Crippen molar-refractivity contribution in [1.29, 1.82) is 0 Å². The zero-order valence-electron chi connectivity index (χ0n) is 8.58. The van der Waals surface area contributed by atoms with E-state index in [1.807, 2.05) is 0 Å². The fraction of sp³-hybridized carbons (Fsp3) is 1.00. The Kier molecular flexibility index (Phi) is 4.98. The first-order valence-corrected chi connectivity index (χ1v) is 7.10. The number of aliphatic hydroxyl groups excluding tert-OH is 1. The summed E-state index contributed by atoms with van der Waals surface area (Å²) < 4.78 is 0.743. The Balaban J connectivity index is 2.36. The maximum atomic E-state index is 8.81. The van der Waals surface area contributed by atoms with Crippen LogP contribution in [0.2, 0.25) is 0 Å². The van der Waals surface area contributed by atoms with E-state index in [0.717, 1.165) is 17.4 Å². The van der Waals surface area contributed by atoms with Crippen molar-refractivity contribution in [2.24, 2.45) is 5.41 Å². The predicted octanol–water partition coefficient (Wildman–Crippen LogP) is 2.98.